The van der Waals surface area contributed by atoms with Crippen LogP contribution in [-0.4, -0.2) is 36.8 Å². The summed E-state index contributed by atoms with van der Waals surface area (Å²) in [6.45, 7) is -1.19. The van der Waals surface area contributed by atoms with Crippen LogP contribution in [0.15, 0.2) is 41.5 Å². The molecule has 0 saturated heterocycles. The molecule has 0 bridgehead atoms. The van der Waals surface area contributed by atoms with Crippen molar-refractivity contribution in [2.24, 2.45) is 10.7 Å². The second kappa shape index (κ2) is 7.98. The minimum absolute atomic E-state index is 0.0304. The smallest absolute Gasteiger partial charge is 0.391 e. The molecule has 28 heavy (non-hydrogen) atoms. The molecule has 2 heterocycles. The fraction of sp³-hybridized carbons (Fsp3) is 0.222. The lowest BCUT2D eigenvalue weighted by atomic mass is 9.91. The third-order valence-electron chi connectivity index (χ3n) is 3.95. The summed E-state index contributed by atoms with van der Waals surface area (Å²) in [5, 5.41) is 11.1. The van der Waals surface area contributed by atoms with Crippen LogP contribution in [-0.2, 0) is 10.3 Å². The van der Waals surface area contributed by atoms with Gasteiger partial charge in [-0.15, -0.1) is 0 Å². The lowest BCUT2D eigenvalue weighted by molar-refractivity contribution is 0.0809. The first-order chi connectivity index (χ1) is 13.5. The first-order valence-electron chi connectivity index (χ1n) is 8.09. The molecule has 0 fully saturated rings. The maximum absolute atomic E-state index is 14.4. The predicted octanol–water partition coefficient (Wildman–Crippen LogP) is 2.26. The monoisotopic (exact) mass is 387 g/mol. The molecule has 0 aliphatic carbocycles. The van der Waals surface area contributed by atoms with Crippen molar-refractivity contribution >= 4 is 17.6 Å². The summed E-state index contributed by atoms with van der Waals surface area (Å²) in [4.78, 5) is 19.9. The van der Waals surface area contributed by atoms with E-state index in [0.717, 1.165) is 6.07 Å². The Hall–Kier alpha value is -3.58. The van der Waals surface area contributed by atoms with Crippen LogP contribution in [0.5, 0.6) is 5.88 Å². The SMILES string of the molecule is N#Cc1ccc(OC(=O)Nc2ccc(F)c(C3(CF)COCC(N)=N3)c2)nc1. The zero-order valence-corrected chi connectivity index (χ0v) is 14.5. The van der Waals surface area contributed by atoms with E-state index in [1.54, 1.807) is 0 Å². The zero-order valence-electron chi connectivity index (χ0n) is 14.5. The van der Waals surface area contributed by atoms with Gasteiger partial charge in [-0.25, -0.2) is 18.6 Å². The second-order valence-corrected chi connectivity index (χ2v) is 5.97. The average Bonchev–Trinajstić information content (AvgIpc) is 2.70. The van der Waals surface area contributed by atoms with Crippen LogP contribution in [0.1, 0.15) is 11.1 Å². The van der Waals surface area contributed by atoms with Gasteiger partial charge in [0.15, 0.2) is 0 Å². The normalized spacial score (nSPS) is 18.7. The van der Waals surface area contributed by atoms with Gasteiger partial charge in [0.25, 0.3) is 0 Å². The number of aromatic nitrogens is 1. The van der Waals surface area contributed by atoms with Gasteiger partial charge in [0.05, 0.1) is 12.2 Å². The number of halogens is 2. The van der Waals surface area contributed by atoms with Crippen molar-refractivity contribution in [2.45, 2.75) is 5.54 Å². The van der Waals surface area contributed by atoms with Crippen LogP contribution in [0.2, 0.25) is 0 Å². The molecule has 10 heteroatoms. The zero-order chi connectivity index (χ0) is 20.1. The van der Waals surface area contributed by atoms with Gasteiger partial charge in [0.2, 0.25) is 5.88 Å². The largest absolute Gasteiger partial charge is 0.418 e. The molecule has 1 aliphatic rings. The Morgan fingerprint density at radius 2 is 2.25 bits per heavy atom. The molecule has 1 aliphatic heterocycles. The first-order valence-corrected chi connectivity index (χ1v) is 8.09. The van der Waals surface area contributed by atoms with Crippen molar-refractivity contribution in [1.29, 1.82) is 5.26 Å². The third kappa shape index (κ3) is 4.05. The number of carbonyl (C=O) groups excluding carboxylic acids is 1. The summed E-state index contributed by atoms with van der Waals surface area (Å²) < 4.78 is 38.3. The van der Waals surface area contributed by atoms with Crippen LogP contribution in [0.25, 0.3) is 0 Å². The van der Waals surface area contributed by atoms with Gasteiger partial charge < -0.3 is 15.2 Å². The summed E-state index contributed by atoms with van der Waals surface area (Å²) >= 11 is 0. The summed E-state index contributed by atoms with van der Waals surface area (Å²) in [7, 11) is 0. The average molecular weight is 387 g/mol. The number of nitrogens with one attached hydrogen (secondary N) is 1. The molecule has 0 saturated carbocycles. The van der Waals surface area contributed by atoms with Gasteiger partial charge in [0.1, 0.15) is 36.5 Å². The molecule has 0 spiro atoms. The summed E-state index contributed by atoms with van der Waals surface area (Å²) in [6.07, 6.45) is 0.349. The van der Waals surface area contributed by atoms with E-state index in [1.807, 2.05) is 6.07 Å². The molecule has 1 aromatic carbocycles. The van der Waals surface area contributed by atoms with Crippen LogP contribution in [0.4, 0.5) is 19.3 Å². The Morgan fingerprint density at radius 1 is 1.43 bits per heavy atom. The van der Waals surface area contributed by atoms with E-state index >= 15 is 0 Å². The van der Waals surface area contributed by atoms with Gasteiger partial charge >= 0.3 is 6.09 Å². The van der Waals surface area contributed by atoms with E-state index in [1.165, 1.54) is 30.5 Å². The molecule has 1 amide bonds. The molecule has 0 radical (unpaired) electrons. The number of amidine groups is 1. The summed E-state index contributed by atoms with van der Waals surface area (Å²) in [5.41, 5.74) is 4.35. The quantitative estimate of drug-likeness (QED) is 0.830. The number of aliphatic imine (C=N–C) groups is 1. The Bertz CT molecular complexity index is 959. The number of hydrogen-bond acceptors (Lipinski definition) is 7. The first kappa shape index (κ1) is 19.2. The molecule has 3 N–H and O–H groups in total. The molecule has 1 unspecified atom stereocenters. The number of rotatable bonds is 4. The Kier molecular flexibility index (Phi) is 5.47. The highest BCUT2D eigenvalue weighted by Gasteiger charge is 2.38. The highest BCUT2D eigenvalue weighted by atomic mass is 19.1. The molecule has 8 nitrogen and oxygen atoms in total. The minimum Gasteiger partial charge on any atom is -0.391 e. The third-order valence-corrected chi connectivity index (χ3v) is 3.95. The molecule has 3 rings (SSSR count). The number of ether oxygens (including phenoxy) is 2. The number of nitrogens with zero attached hydrogens (tertiary/aromatic N) is 3. The van der Waals surface area contributed by atoms with E-state index < -0.39 is 24.1 Å². The van der Waals surface area contributed by atoms with Gasteiger partial charge in [0, 0.05) is 23.5 Å². The highest BCUT2D eigenvalue weighted by molar-refractivity contribution is 5.86. The molecule has 1 aromatic heterocycles. The fourth-order valence-electron chi connectivity index (χ4n) is 2.65. The number of pyridine rings is 1. The van der Waals surface area contributed by atoms with Crippen molar-refractivity contribution < 1.29 is 23.0 Å². The number of nitriles is 1. The lowest BCUT2D eigenvalue weighted by Crippen LogP contribution is -2.42. The number of amides is 1. The molecule has 1 atom stereocenters. The number of alkyl halides is 1. The van der Waals surface area contributed by atoms with Crippen LogP contribution in [0, 0.1) is 17.1 Å². The van der Waals surface area contributed by atoms with E-state index in [2.05, 4.69) is 15.3 Å². The van der Waals surface area contributed by atoms with Gasteiger partial charge in [-0.1, -0.05) is 0 Å². The van der Waals surface area contributed by atoms with Crippen LogP contribution < -0.4 is 15.8 Å². The molecule has 2 aromatic rings. The van der Waals surface area contributed by atoms with E-state index in [9.17, 15) is 13.6 Å². The van der Waals surface area contributed by atoms with E-state index in [0.29, 0.717) is 5.56 Å². The van der Waals surface area contributed by atoms with Crippen molar-refractivity contribution in [3.8, 4) is 11.9 Å². The van der Waals surface area contributed by atoms with Crippen LogP contribution >= 0.6 is 0 Å². The van der Waals surface area contributed by atoms with Gasteiger partial charge in [-0.2, -0.15) is 5.26 Å². The number of benzene rings is 1. The predicted molar refractivity (Wildman–Crippen MR) is 95.1 cm³/mol. The summed E-state index contributed by atoms with van der Waals surface area (Å²) in [5.74, 6) is -0.697. The van der Waals surface area contributed by atoms with Crippen molar-refractivity contribution in [3.05, 3.63) is 53.5 Å². The van der Waals surface area contributed by atoms with Crippen molar-refractivity contribution in [1.82, 2.24) is 4.98 Å². The number of carbonyl (C=O) groups is 1. The highest BCUT2D eigenvalue weighted by Crippen LogP contribution is 2.33. The number of anilines is 1. The second-order valence-electron chi connectivity index (χ2n) is 5.97. The Labute approximate surface area is 158 Å². The number of nitrogens with two attached hydrogens (primary N) is 1. The van der Waals surface area contributed by atoms with Gasteiger partial charge in [-0.05, 0) is 24.3 Å². The van der Waals surface area contributed by atoms with Crippen molar-refractivity contribution in [3.63, 3.8) is 0 Å². The minimum atomic E-state index is -1.62. The Balaban J connectivity index is 1.80. The summed E-state index contributed by atoms with van der Waals surface area (Å²) in [6, 6.07) is 8.27. The van der Waals surface area contributed by atoms with Crippen LogP contribution in [0.3, 0.4) is 0 Å². The Morgan fingerprint density at radius 3 is 2.89 bits per heavy atom. The van der Waals surface area contributed by atoms with E-state index in [4.69, 9.17) is 20.5 Å². The standard InChI is InChI=1S/C18H15F2N5O3/c19-9-18(10-27-8-15(22)25-18)13-5-12(2-3-14(13)20)24-17(26)28-16-4-1-11(6-21)7-23-16/h1-5,7H,8-10H2,(H2,22,25)(H,24,26). The molecular weight excluding hydrogens is 372 g/mol. The molecular formula is C18H15F2N5O3. The van der Waals surface area contributed by atoms with E-state index in [-0.39, 0.29) is 36.2 Å². The maximum Gasteiger partial charge on any atom is 0.418 e. The van der Waals surface area contributed by atoms with Gasteiger partial charge in [-0.3, -0.25) is 10.3 Å². The topological polar surface area (TPSA) is 123 Å². The number of hydrogen-bond donors (Lipinski definition) is 2. The fourth-order valence-corrected chi connectivity index (χ4v) is 2.65. The maximum atomic E-state index is 14.4. The lowest BCUT2D eigenvalue weighted by Gasteiger charge is -2.31. The van der Waals surface area contributed by atoms with Crippen molar-refractivity contribution in [2.75, 3.05) is 25.2 Å². The molecule has 144 valence electrons.